The zero-order valence-corrected chi connectivity index (χ0v) is 11.1. The van der Waals surface area contributed by atoms with Crippen LogP contribution in [-0.2, 0) is 0 Å². The van der Waals surface area contributed by atoms with Gasteiger partial charge in [-0.3, -0.25) is 9.78 Å². The number of pyridine rings is 1. The second-order valence-electron chi connectivity index (χ2n) is 4.02. The molecule has 0 saturated heterocycles. The van der Waals surface area contributed by atoms with Gasteiger partial charge in [-0.25, -0.2) is 4.98 Å². The fourth-order valence-corrected chi connectivity index (χ4v) is 2.49. The van der Waals surface area contributed by atoms with E-state index in [1.807, 2.05) is 12.1 Å². The Morgan fingerprint density at radius 3 is 2.80 bits per heavy atom. The van der Waals surface area contributed by atoms with E-state index in [0.29, 0.717) is 16.6 Å². The molecule has 1 amide bonds. The van der Waals surface area contributed by atoms with Gasteiger partial charge in [0.1, 0.15) is 17.2 Å². The van der Waals surface area contributed by atoms with Crippen molar-refractivity contribution in [2.45, 2.75) is 0 Å². The molecule has 0 bridgehead atoms. The Morgan fingerprint density at radius 1 is 1.20 bits per heavy atom. The van der Waals surface area contributed by atoms with Crippen molar-refractivity contribution in [2.75, 3.05) is 5.73 Å². The number of rotatable bonds is 3. The van der Waals surface area contributed by atoms with Crippen LogP contribution in [0, 0.1) is 0 Å². The Bertz CT molecular complexity index is 800. The maximum atomic E-state index is 11.1. The fraction of sp³-hybridized carbons (Fsp3) is 0. The van der Waals surface area contributed by atoms with Gasteiger partial charge in [-0.05, 0) is 18.2 Å². The molecule has 6 nitrogen and oxygen atoms in total. The summed E-state index contributed by atoms with van der Waals surface area (Å²) in [6, 6.07) is 8.60. The van der Waals surface area contributed by atoms with E-state index < -0.39 is 5.91 Å². The number of ether oxygens (including phenoxy) is 1. The van der Waals surface area contributed by atoms with E-state index in [2.05, 4.69) is 9.97 Å². The molecule has 0 aliphatic carbocycles. The number of benzene rings is 1. The van der Waals surface area contributed by atoms with Crippen LogP contribution in [0.25, 0.3) is 10.2 Å². The van der Waals surface area contributed by atoms with E-state index in [1.54, 1.807) is 12.1 Å². The van der Waals surface area contributed by atoms with Gasteiger partial charge in [-0.15, -0.1) is 0 Å². The van der Waals surface area contributed by atoms with Crippen LogP contribution in [0.5, 0.6) is 11.5 Å². The number of aromatic nitrogens is 2. The normalized spacial score (nSPS) is 10.6. The Kier molecular flexibility index (Phi) is 2.96. The molecule has 0 spiro atoms. The minimum atomic E-state index is -0.596. The van der Waals surface area contributed by atoms with Gasteiger partial charge in [0.05, 0.1) is 10.2 Å². The topological polar surface area (TPSA) is 104 Å². The van der Waals surface area contributed by atoms with E-state index in [0.717, 1.165) is 10.2 Å². The number of amides is 1. The number of nitrogens with zero attached hydrogens (tertiary/aromatic N) is 2. The highest BCUT2D eigenvalue weighted by molar-refractivity contribution is 7.22. The smallest absolute Gasteiger partial charge is 0.267 e. The van der Waals surface area contributed by atoms with Gasteiger partial charge >= 0.3 is 0 Å². The Balaban J connectivity index is 1.92. The van der Waals surface area contributed by atoms with Gasteiger partial charge < -0.3 is 16.2 Å². The Labute approximate surface area is 118 Å². The molecule has 7 heteroatoms. The summed E-state index contributed by atoms with van der Waals surface area (Å²) in [5, 5.41) is 0.511. The number of hydrogen-bond donors (Lipinski definition) is 2. The lowest BCUT2D eigenvalue weighted by Crippen LogP contribution is -2.12. The maximum absolute atomic E-state index is 11.1. The number of fused-ring (bicyclic) bond motifs is 1. The lowest BCUT2D eigenvalue weighted by molar-refractivity contribution is 0.0995. The number of nitrogens with two attached hydrogens (primary N) is 2. The van der Waals surface area contributed by atoms with Crippen molar-refractivity contribution in [3.8, 4) is 11.5 Å². The standard InChI is InChI=1S/C13H10N4O2S/c14-12(18)10-5-8(3-4-16-10)19-7-1-2-9-11(6-7)20-13(15)17-9/h1-6H,(H2,14,18)(H2,15,17). The molecule has 0 atom stereocenters. The van der Waals surface area contributed by atoms with Crippen LogP contribution in [0.15, 0.2) is 36.5 Å². The molecule has 20 heavy (non-hydrogen) atoms. The third kappa shape index (κ3) is 2.39. The van der Waals surface area contributed by atoms with E-state index >= 15 is 0 Å². The van der Waals surface area contributed by atoms with Crippen molar-refractivity contribution >= 4 is 32.6 Å². The monoisotopic (exact) mass is 286 g/mol. The number of thiazole rings is 1. The van der Waals surface area contributed by atoms with Crippen LogP contribution in [-0.4, -0.2) is 15.9 Å². The molecule has 1 aromatic carbocycles. The summed E-state index contributed by atoms with van der Waals surface area (Å²) in [7, 11) is 0. The molecule has 4 N–H and O–H groups in total. The average molecular weight is 286 g/mol. The average Bonchev–Trinajstić information content (AvgIpc) is 2.78. The van der Waals surface area contributed by atoms with Gasteiger partial charge in [0.15, 0.2) is 5.13 Å². The van der Waals surface area contributed by atoms with Gasteiger partial charge in [-0.1, -0.05) is 11.3 Å². The van der Waals surface area contributed by atoms with Gasteiger partial charge in [-0.2, -0.15) is 0 Å². The van der Waals surface area contributed by atoms with Crippen molar-refractivity contribution < 1.29 is 9.53 Å². The van der Waals surface area contributed by atoms with E-state index in [-0.39, 0.29) is 5.69 Å². The zero-order valence-electron chi connectivity index (χ0n) is 10.2. The minimum absolute atomic E-state index is 0.158. The predicted molar refractivity (Wildman–Crippen MR) is 76.9 cm³/mol. The van der Waals surface area contributed by atoms with Crippen molar-refractivity contribution in [1.29, 1.82) is 0 Å². The van der Waals surface area contributed by atoms with Crippen LogP contribution in [0.1, 0.15) is 10.5 Å². The van der Waals surface area contributed by atoms with Gasteiger partial charge in [0, 0.05) is 18.3 Å². The molecule has 2 aromatic heterocycles. The molecule has 0 unspecified atom stereocenters. The van der Waals surface area contributed by atoms with Crippen LogP contribution in [0.2, 0.25) is 0 Å². The molecule has 0 fully saturated rings. The molecule has 0 radical (unpaired) electrons. The summed E-state index contributed by atoms with van der Waals surface area (Å²) in [5.41, 5.74) is 11.8. The summed E-state index contributed by atoms with van der Waals surface area (Å²) in [6.07, 6.45) is 1.47. The molecule has 2 heterocycles. The Morgan fingerprint density at radius 2 is 2.00 bits per heavy atom. The molecule has 3 aromatic rings. The molecular formula is C13H10N4O2S. The minimum Gasteiger partial charge on any atom is -0.457 e. The van der Waals surface area contributed by atoms with E-state index in [4.69, 9.17) is 16.2 Å². The van der Waals surface area contributed by atoms with Crippen LogP contribution in [0.3, 0.4) is 0 Å². The summed E-state index contributed by atoms with van der Waals surface area (Å²) < 4.78 is 6.61. The van der Waals surface area contributed by atoms with Gasteiger partial charge in [0.2, 0.25) is 0 Å². The molecular weight excluding hydrogens is 276 g/mol. The van der Waals surface area contributed by atoms with Crippen molar-refractivity contribution in [3.63, 3.8) is 0 Å². The number of carbonyl (C=O) groups excluding carboxylic acids is 1. The lowest BCUT2D eigenvalue weighted by Gasteiger charge is -2.05. The first-order chi connectivity index (χ1) is 9.61. The molecule has 0 saturated carbocycles. The molecule has 100 valence electrons. The first kappa shape index (κ1) is 12.4. The van der Waals surface area contributed by atoms with Crippen molar-refractivity contribution in [2.24, 2.45) is 5.73 Å². The second-order valence-corrected chi connectivity index (χ2v) is 5.09. The molecule has 3 rings (SSSR count). The number of anilines is 1. The SMILES string of the molecule is NC(=O)c1cc(Oc2ccc3nc(N)sc3c2)ccn1. The maximum Gasteiger partial charge on any atom is 0.267 e. The summed E-state index contributed by atoms with van der Waals surface area (Å²) in [5.74, 6) is 0.523. The first-order valence-electron chi connectivity index (χ1n) is 5.71. The third-order valence-corrected chi connectivity index (χ3v) is 3.44. The van der Waals surface area contributed by atoms with Crippen LogP contribution in [0.4, 0.5) is 5.13 Å². The van der Waals surface area contributed by atoms with Crippen molar-refractivity contribution in [3.05, 3.63) is 42.2 Å². The third-order valence-electron chi connectivity index (χ3n) is 2.60. The quantitative estimate of drug-likeness (QED) is 0.767. The highest BCUT2D eigenvalue weighted by Gasteiger charge is 2.06. The van der Waals surface area contributed by atoms with E-state index in [9.17, 15) is 4.79 Å². The fourth-order valence-electron chi connectivity index (χ4n) is 1.73. The first-order valence-corrected chi connectivity index (χ1v) is 6.53. The van der Waals surface area contributed by atoms with Gasteiger partial charge in [0.25, 0.3) is 5.91 Å². The molecule has 0 aliphatic heterocycles. The number of hydrogen-bond acceptors (Lipinski definition) is 6. The zero-order chi connectivity index (χ0) is 14.1. The predicted octanol–water partition coefficient (Wildman–Crippen LogP) is 2.16. The number of nitrogen functional groups attached to an aromatic ring is 1. The van der Waals surface area contributed by atoms with Crippen LogP contribution < -0.4 is 16.2 Å². The molecule has 0 aliphatic rings. The van der Waals surface area contributed by atoms with Crippen molar-refractivity contribution in [1.82, 2.24) is 9.97 Å². The highest BCUT2D eigenvalue weighted by atomic mass is 32.1. The summed E-state index contributed by atoms with van der Waals surface area (Å²) in [6.45, 7) is 0. The van der Waals surface area contributed by atoms with Crippen LogP contribution >= 0.6 is 11.3 Å². The highest BCUT2D eigenvalue weighted by Crippen LogP contribution is 2.29. The second kappa shape index (κ2) is 4.78. The van der Waals surface area contributed by atoms with E-state index in [1.165, 1.54) is 23.6 Å². The number of carbonyl (C=O) groups is 1. The number of primary amides is 1. The lowest BCUT2D eigenvalue weighted by atomic mass is 10.3. The Hall–Kier alpha value is -2.67. The summed E-state index contributed by atoms with van der Waals surface area (Å²) >= 11 is 1.39. The largest absolute Gasteiger partial charge is 0.457 e. The summed E-state index contributed by atoms with van der Waals surface area (Å²) in [4.78, 5) is 19.1.